The van der Waals surface area contributed by atoms with Gasteiger partial charge in [0, 0.05) is 31.4 Å². The van der Waals surface area contributed by atoms with Gasteiger partial charge in [-0.05, 0) is 12.1 Å². The highest BCUT2D eigenvalue weighted by molar-refractivity contribution is 6.02. The molecule has 0 saturated carbocycles. The van der Waals surface area contributed by atoms with E-state index in [1.807, 2.05) is 0 Å². The number of rotatable bonds is 3. The molecule has 0 spiro atoms. The molecule has 2 rings (SSSR count). The SMILES string of the molecule is Cn1cnc(C(=O)Nc2cc(C#CCCO)ccn2)c1. The molecule has 0 saturated heterocycles. The van der Waals surface area contributed by atoms with Gasteiger partial charge in [-0.1, -0.05) is 11.8 Å². The second kappa shape index (κ2) is 6.50. The molecule has 1 amide bonds. The van der Waals surface area contributed by atoms with Crippen molar-refractivity contribution in [2.24, 2.45) is 7.05 Å². The molecule has 0 fully saturated rings. The quantitative estimate of drug-likeness (QED) is 0.808. The van der Waals surface area contributed by atoms with Crippen molar-refractivity contribution in [3.63, 3.8) is 0 Å². The molecule has 6 nitrogen and oxygen atoms in total. The smallest absolute Gasteiger partial charge is 0.276 e. The maximum Gasteiger partial charge on any atom is 0.276 e. The fourth-order valence-electron chi connectivity index (χ4n) is 1.51. The van der Waals surface area contributed by atoms with E-state index in [2.05, 4.69) is 27.1 Å². The van der Waals surface area contributed by atoms with Crippen LogP contribution >= 0.6 is 0 Å². The van der Waals surface area contributed by atoms with E-state index in [-0.39, 0.29) is 12.5 Å². The number of carbonyl (C=O) groups excluding carboxylic acids is 1. The van der Waals surface area contributed by atoms with E-state index in [1.54, 1.807) is 42.5 Å². The minimum absolute atomic E-state index is 0.0291. The van der Waals surface area contributed by atoms with E-state index < -0.39 is 0 Å². The molecule has 2 N–H and O–H groups in total. The maximum atomic E-state index is 11.9. The van der Waals surface area contributed by atoms with Crippen molar-refractivity contribution in [2.45, 2.75) is 6.42 Å². The monoisotopic (exact) mass is 270 g/mol. The highest BCUT2D eigenvalue weighted by Gasteiger charge is 2.09. The topological polar surface area (TPSA) is 80.0 Å². The van der Waals surface area contributed by atoms with Crippen molar-refractivity contribution in [1.82, 2.24) is 14.5 Å². The summed E-state index contributed by atoms with van der Waals surface area (Å²) < 4.78 is 1.69. The normalized spacial score (nSPS) is 9.70. The Balaban J connectivity index is 2.08. The summed E-state index contributed by atoms with van der Waals surface area (Å²) in [4.78, 5) is 19.9. The van der Waals surface area contributed by atoms with Gasteiger partial charge >= 0.3 is 0 Å². The van der Waals surface area contributed by atoms with E-state index in [0.29, 0.717) is 17.9 Å². The van der Waals surface area contributed by atoms with Crippen LogP contribution in [-0.2, 0) is 7.05 Å². The van der Waals surface area contributed by atoms with Crippen LogP contribution in [0.2, 0.25) is 0 Å². The van der Waals surface area contributed by atoms with Crippen LogP contribution in [0.1, 0.15) is 22.5 Å². The highest BCUT2D eigenvalue weighted by atomic mass is 16.2. The second-order valence-corrected chi connectivity index (χ2v) is 4.08. The number of anilines is 1. The second-order valence-electron chi connectivity index (χ2n) is 4.08. The molecular weight excluding hydrogens is 256 g/mol. The van der Waals surface area contributed by atoms with Gasteiger partial charge in [0.2, 0.25) is 0 Å². The Morgan fingerprint density at radius 3 is 3.05 bits per heavy atom. The van der Waals surface area contributed by atoms with E-state index in [4.69, 9.17) is 5.11 Å². The molecule has 6 heteroatoms. The lowest BCUT2D eigenvalue weighted by molar-refractivity contribution is 0.102. The number of nitrogens with one attached hydrogen (secondary N) is 1. The van der Waals surface area contributed by atoms with E-state index >= 15 is 0 Å². The summed E-state index contributed by atoms with van der Waals surface area (Å²) in [7, 11) is 1.79. The van der Waals surface area contributed by atoms with Gasteiger partial charge < -0.3 is 15.0 Å². The first kappa shape index (κ1) is 13.8. The molecule has 2 heterocycles. The standard InChI is InChI=1S/C14H14N4O2/c1-18-9-12(16-10-18)14(20)17-13-8-11(5-6-15-13)4-2-3-7-19/h5-6,8-10,19H,3,7H2,1H3,(H,15,17,20). The van der Waals surface area contributed by atoms with Gasteiger partial charge in [-0.2, -0.15) is 0 Å². The van der Waals surface area contributed by atoms with Gasteiger partial charge in [0.05, 0.1) is 12.9 Å². The average Bonchev–Trinajstić information content (AvgIpc) is 2.86. The molecule has 0 aliphatic rings. The molecule has 0 radical (unpaired) electrons. The van der Waals surface area contributed by atoms with Gasteiger partial charge in [-0.15, -0.1) is 0 Å². The molecule has 0 aliphatic heterocycles. The van der Waals surface area contributed by atoms with Crippen molar-refractivity contribution < 1.29 is 9.90 Å². The first-order chi connectivity index (χ1) is 9.69. The summed E-state index contributed by atoms with van der Waals surface area (Å²) in [5.41, 5.74) is 1.05. The first-order valence-electron chi connectivity index (χ1n) is 6.04. The Kier molecular flexibility index (Phi) is 4.47. The van der Waals surface area contributed by atoms with Crippen molar-refractivity contribution in [3.8, 4) is 11.8 Å². The van der Waals surface area contributed by atoms with Crippen molar-refractivity contribution in [1.29, 1.82) is 0 Å². The van der Waals surface area contributed by atoms with Crippen molar-refractivity contribution >= 4 is 11.7 Å². The number of hydrogen-bond acceptors (Lipinski definition) is 4. The molecule has 102 valence electrons. The predicted molar refractivity (Wildman–Crippen MR) is 74.0 cm³/mol. The van der Waals surface area contributed by atoms with Crippen molar-refractivity contribution in [2.75, 3.05) is 11.9 Å². The molecule has 0 aliphatic carbocycles. The zero-order valence-corrected chi connectivity index (χ0v) is 11.0. The average molecular weight is 270 g/mol. The van der Waals surface area contributed by atoms with Crippen LogP contribution in [0.25, 0.3) is 0 Å². The number of aryl methyl sites for hydroxylation is 1. The number of pyridine rings is 1. The summed E-state index contributed by atoms with van der Waals surface area (Å²) >= 11 is 0. The lowest BCUT2D eigenvalue weighted by atomic mass is 10.2. The Labute approximate surface area is 116 Å². The van der Waals surface area contributed by atoms with Gasteiger partial charge in [-0.3, -0.25) is 4.79 Å². The number of aromatic nitrogens is 3. The van der Waals surface area contributed by atoms with Crippen LogP contribution in [0.5, 0.6) is 0 Å². The van der Waals surface area contributed by atoms with Crippen LogP contribution in [0.3, 0.4) is 0 Å². The maximum absolute atomic E-state index is 11.9. The lowest BCUT2D eigenvalue weighted by Crippen LogP contribution is -2.13. The lowest BCUT2D eigenvalue weighted by Gasteiger charge is -2.02. The van der Waals surface area contributed by atoms with Crippen LogP contribution in [-0.4, -0.2) is 32.2 Å². The summed E-state index contributed by atoms with van der Waals surface area (Å²) in [6, 6.07) is 3.41. The molecule has 0 bridgehead atoms. The molecule has 0 aromatic carbocycles. The minimum Gasteiger partial charge on any atom is -0.395 e. The number of carbonyl (C=O) groups is 1. The molecule has 2 aromatic heterocycles. The van der Waals surface area contributed by atoms with Gasteiger partial charge in [0.25, 0.3) is 5.91 Å². The Morgan fingerprint density at radius 2 is 2.35 bits per heavy atom. The Morgan fingerprint density at radius 1 is 1.50 bits per heavy atom. The molecule has 2 aromatic rings. The molecule has 0 atom stereocenters. The zero-order chi connectivity index (χ0) is 14.4. The largest absolute Gasteiger partial charge is 0.395 e. The Hall–Kier alpha value is -2.65. The third kappa shape index (κ3) is 3.67. The third-order valence-electron chi connectivity index (χ3n) is 2.41. The number of imidazole rings is 1. The van der Waals surface area contributed by atoms with Crippen molar-refractivity contribution in [3.05, 3.63) is 42.1 Å². The van der Waals surface area contributed by atoms with Crippen LogP contribution in [0.4, 0.5) is 5.82 Å². The van der Waals surface area contributed by atoms with E-state index in [9.17, 15) is 4.79 Å². The molecule has 20 heavy (non-hydrogen) atoms. The summed E-state index contributed by atoms with van der Waals surface area (Å²) in [6.07, 6.45) is 5.16. The van der Waals surface area contributed by atoms with Crippen LogP contribution < -0.4 is 5.32 Å². The number of aliphatic hydroxyl groups excluding tert-OH is 1. The van der Waals surface area contributed by atoms with E-state index in [1.165, 1.54) is 0 Å². The van der Waals surface area contributed by atoms with Gasteiger partial charge in [0.1, 0.15) is 11.5 Å². The highest BCUT2D eigenvalue weighted by Crippen LogP contribution is 2.07. The summed E-state index contributed by atoms with van der Waals surface area (Å²) in [6.45, 7) is 0.0291. The molecular formula is C14H14N4O2. The number of amides is 1. The summed E-state index contributed by atoms with van der Waals surface area (Å²) in [5.74, 6) is 5.79. The fraction of sp³-hybridized carbons (Fsp3) is 0.214. The third-order valence-corrected chi connectivity index (χ3v) is 2.41. The first-order valence-corrected chi connectivity index (χ1v) is 6.04. The zero-order valence-electron chi connectivity index (χ0n) is 11.0. The number of nitrogens with zero attached hydrogens (tertiary/aromatic N) is 3. The van der Waals surface area contributed by atoms with Crippen LogP contribution in [0.15, 0.2) is 30.9 Å². The molecule has 0 unspecified atom stereocenters. The number of hydrogen-bond donors (Lipinski definition) is 2. The number of aliphatic hydroxyl groups is 1. The van der Waals surface area contributed by atoms with E-state index in [0.717, 1.165) is 5.56 Å². The predicted octanol–water partition coefficient (Wildman–Crippen LogP) is 0.801. The summed E-state index contributed by atoms with van der Waals surface area (Å²) in [5, 5.41) is 11.3. The van der Waals surface area contributed by atoms with Gasteiger partial charge in [0.15, 0.2) is 0 Å². The fourth-order valence-corrected chi connectivity index (χ4v) is 1.51. The van der Waals surface area contributed by atoms with Crippen LogP contribution in [0, 0.1) is 11.8 Å². The van der Waals surface area contributed by atoms with Gasteiger partial charge in [-0.25, -0.2) is 9.97 Å². The Bertz CT molecular complexity index is 667. The minimum atomic E-state index is -0.321.